The molecule has 0 aromatic rings. The van der Waals surface area contributed by atoms with E-state index >= 15 is 0 Å². The standard InChI is InChI=1S/C20H33N3O6.ClH/c1-4-29-19(27)15(11-10-14-8-6-5-7-9-14)21-13(2)17(24)23-16(18(25)26)12-22(3)20(23)28;/h13-16,21H,4-12H2,1-3H3,(H,25,26);1H/t13-,15-,16-;/m0./s1. The first kappa shape index (κ1) is 26.2. The molecule has 172 valence electrons. The van der Waals surface area contributed by atoms with Crippen LogP contribution in [0, 0.1) is 5.92 Å². The molecule has 2 rings (SSSR count). The zero-order chi connectivity index (χ0) is 21.6. The van der Waals surface area contributed by atoms with Crippen molar-refractivity contribution >= 4 is 36.3 Å². The van der Waals surface area contributed by atoms with Gasteiger partial charge in [-0.2, -0.15) is 0 Å². The molecule has 0 spiro atoms. The molecule has 2 N–H and O–H groups in total. The van der Waals surface area contributed by atoms with Crippen LogP contribution in [0.4, 0.5) is 4.79 Å². The molecule has 1 saturated heterocycles. The van der Waals surface area contributed by atoms with Gasteiger partial charge in [0, 0.05) is 7.05 Å². The number of carboxylic acids is 1. The molecule has 0 aromatic heterocycles. The van der Waals surface area contributed by atoms with Crippen LogP contribution in [0.15, 0.2) is 0 Å². The highest BCUT2D eigenvalue weighted by molar-refractivity contribution is 6.02. The second kappa shape index (κ2) is 12.1. The molecule has 0 radical (unpaired) electrons. The summed E-state index contributed by atoms with van der Waals surface area (Å²) in [6.45, 7) is 3.44. The average Bonchev–Trinajstić information content (AvgIpc) is 3.00. The second-order valence-corrected chi connectivity index (χ2v) is 8.00. The number of nitrogens with one attached hydrogen (secondary N) is 1. The lowest BCUT2D eigenvalue weighted by Crippen LogP contribution is -2.54. The molecule has 1 heterocycles. The predicted molar refractivity (Wildman–Crippen MR) is 112 cm³/mol. The van der Waals surface area contributed by atoms with E-state index < -0.39 is 42.0 Å². The van der Waals surface area contributed by atoms with E-state index in [1.54, 1.807) is 13.8 Å². The summed E-state index contributed by atoms with van der Waals surface area (Å²) in [6.07, 6.45) is 7.37. The van der Waals surface area contributed by atoms with Crippen molar-refractivity contribution in [3.05, 3.63) is 0 Å². The third kappa shape index (κ3) is 6.57. The van der Waals surface area contributed by atoms with E-state index in [9.17, 15) is 24.3 Å². The molecule has 2 fully saturated rings. The number of likely N-dealkylation sites (N-methyl/N-ethyl adjacent to an activating group) is 1. The molecule has 0 unspecified atom stereocenters. The Balaban J connectivity index is 0.00000450. The van der Waals surface area contributed by atoms with Gasteiger partial charge in [-0.3, -0.25) is 14.9 Å². The van der Waals surface area contributed by atoms with Crippen molar-refractivity contribution in [2.24, 2.45) is 5.92 Å². The maximum Gasteiger partial charge on any atom is 0.328 e. The van der Waals surface area contributed by atoms with Gasteiger partial charge < -0.3 is 14.7 Å². The summed E-state index contributed by atoms with van der Waals surface area (Å²) in [5.74, 6) is -1.75. The lowest BCUT2D eigenvalue weighted by atomic mass is 9.85. The van der Waals surface area contributed by atoms with Crippen LogP contribution >= 0.6 is 12.4 Å². The van der Waals surface area contributed by atoms with Gasteiger partial charge in [-0.25, -0.2) is 14.5 Å². The molecule has 10 heteroatoms. The second-order valence-electron chi connectivity index (χ2n) is 8.00. The molecular formula is C20H34ClN3O6. The normalized spacial score (nSPS) is 21.7. The SMILES string of the molecule is CCOC(=O)[C@H](CCC1CCCCC1)N[C@@H](C)C(=O)N1C(=O)N(C)C[C@H]1C(=O)O.Cl. The van der Waals surface area contributed by atoms with Crippen LogP contribution in [0.25, 0.3) is 0 Å². The van der Waals surface area contributed by atoms with Crippen LogP contribution in [0.5, 0.6) is 0 Å². The Morgan fingerprint density at radius 3 is 2.43 bits per heavy atom. The molecule has 0 bridgehead atoms. The number of hydrogen-bond acceptors (Lipinski definition) is 6. The van der Waals surface area contributed by atoms with E-state index in [0.29, 0.717) is 12.3 Å². The molecule has 0 aromatic carbocycles. The Morgan fingerprint density at radius 1 is 1.23 bits per heavy atom. The molecule has 9 nitrogen and oxygen atoms in total. The largest absolute Gasteiger partial charge is 0.480 e. The van der Waals surface area contributed by atoms with Gasteiger partial charge in [-0.15, -0.1) is 12.4 Å². The van der Waals surface area contributed by atoms with E-state index in [4.69, 9.17) is 4.74 Å². The van der Waals surface area contributed by atoms with Crippen molar-refractivity contribution in [1.29, 1.82) is 0 Å². The number of carboxylic acid groups (broad SMARTS) is 1. The van der Waals surface area contributed by atoms with Crippen molar-refractivity contribution in [2.45, 2.75) is 76.9 Å². The van der Waals surface area contributed by atoms with Gasteiger partial charge in [0.2, 0.25) is 5.91 Å². The summed E-state index contributed by atoms with van der Waals surface area (Å²) in [5, 5.41) is 12.3. The van der Waals surface area contributed by atoms with E-state index in [1.165, 1.54) is 31.2 Å². The number of aliphatic carboxylic acids is 1. The molecular weight excluding hydrogens is 414 g/mol. The van der Waals surface area contributed by atoms with Crippen LogP contribution in [0.2, 0.25) is 0 Å². The Hall–Kier alpha value is -1.87. The minimum absolute atomic E-state index is 0. The third-order valence-corrected chi connectivity index (χ3v) is 5.79. The minimum atomic E-state index is -1.23. The molecule has 3 amide bonds. The Morgan fingerprint density at radius 2 is 1.87 bits per heavy atom. The number of hydrogen-bond donors (Lipinski definition) is 2. The molecule has 3 atom stereocenters. The lowest BCUT2D eigenvalue weighted by Gasteiger charge is -2.27. The summed E-state index contributed by atoms with van der Waals surface area (Å²) in [5.41, 5.74) is 0. The zero-order valence-electron chi connectivity index (χ0n) is 18.0. The molecule has 30 heavy (non-hydrogen) atoms. The summed E-state index contributed by atoms with van der Waals surface area (Å²) < 4.78 is 5.15. The maximum atomic E-state index is 12.8. The van der Waals surface area contributed by atoms with Crippen molar-refractivity contribution in [3.63, 3.8) is 0 Å². The van der Waals surface area contributed by atoms with Crippen LogP contribution in [0.1, 0.15) is 58.8 Å². The van der Waals surface area contributed by atoms with Gasteiger partial charge in [0.15, 0.2) is 6.04 Å². The Labute approximate surface area is 183 Å². The first-order valence-electron chi connectivity index (χ1n) is 10.5. The van der Waals surface area contributed by atoms with E-state index in [0.717, 1.165) is 24.2 Å². The first-order chi connectivity index (χ1) is 13.8. The van der Waals surface area contributed by atoms with Crippen molar-refractivity contribution in [2.75, 3.05) is 20.2 Å². The van der Waals surface area contributed by atoms with E-state index in [-0.39, 0.29) is 25.6 Å². The number of carbonyl (C=O) groups is 4. The molecule has 1 aliphatic heterocycles. The summed E-state index contributed by atoms with van der Waals surface area (Å²) in [7, 11) is 1.45. The smallest absolute Gasteiger partial charge is 0.328 e. The maximum absolute atomic E-state index is 12.8. The fourth-order valence-electron chi connectivity index (χ4n) is 4.14. The number of carbonyl (C=O) groups excluding carboxylic acids is 3. The van der Waals surface area contributed by atoms with Crippen molar-refractivity contribution < 1.29 is 29.0 Å². The highest BCUT2D eigenvalue weighted by Crippen LogP contribution is 2.28. The topological polar surface area (TPSA) is 116 Å². The van der Waals surface area contributed by atoms with Gasteiger partial charge in [0.05, 0.1) is 19.2 Å². The van der Waals surface area contributed by atoms with Gasteiger partial charge in [0.1, 0.15) is 6.04 Å². The number of rotatable bonds is 9. The number of urea groups is 1. The van der Waals surface area contributed by atoms with Gasteiger partial charge >= 0.3 is 18.0 Å². The van der Waals surface area contributed by atoms with Gasteiger partial charge in [-0.1, -0.05) is 32.1 Å². The van der Waals surface area contributed by atoms with Crippen LogP contribution in [-0.4, -0.2) is 77.1 Å². The fraction of sp³-hybridized carbons (Fsp3) is 0.800. The zero-order valence-corrected chi connectivity index (χ0v) is 18.8. The summed E-state index contributed by atoms with van der Waals surface area (Å²) in [6, 6.07) is -3.44. The highest BCUT2D eigenvalue weighted by Gasteiger charge is 2.45. The monoisotopic (exact) mass is 447 g/mol. The number of nitrogens with zero attached hydrogens (tertiary/aromatic N) is 2. The molecule has 2 aliphatic rings. The third-order valence-electron chi connectivity index (χ3n) is 5.79. The van der Waals surface area contributed by atoms with Crippen molar-refractivity contribution in [3.8, 4) is 0 Å². The lowest BCUT2D eigenvalue weighted by molar-refractivity contribution is -0.148. The van der Waals surface area contributed by atoms with E-state index in [2.05, 4.69) is 5.32 Å². The Bertz CT molecular complexity index is 626. The number of halogens is 1. The summed E-state index contributed by atoms with van der Waals surface area (Å²) in [4.78, 5) is 50.9. The first-order valence-corrected chi connectivity index (χ1v) is 10.5. The fourth-order valence-corrected chi connectivity index (χ4v) is 4.14. The van der Waals surface area contributed by atoms with Gasteiger partial charge in [0.25, 0.3) is 0 Å². The molecule has 1 aliphatic carbocycles. The van der Waals surface area contributed by atoms with Crippen LogP contribution in [-0.2, 0) is 19.1 Å². The summed E-state index contributed by atoms with van der Waals surface area (Å²) >= 11 is 0. The van der Waals surface area contributed by atoms with Gasteiger partial charge in [-0.05, 0) is 32.6 Å². The van der Waals surface area contributed by atoms with E-state index in [1.807, 2.05) is 0 Å². The quantitative estimate of drug-likeness (QED) is 0.519. The van der Waals surface area contributed by atoms with Crippen LogP contribution < -0.4 is 5.32 Å². The van der Waals surface area contributed by atoms with Crippen molar-refractivity contribution in [1.82, 2.24) is 15.1 Å². The number of ether oxygens (including phenoxy) is 1. The average molecular weight is 448 g/mol. The highest BCUT2D eigenvalue weighted by atomic mass is 35.5. The number of esters is 1. The van der Waals surface area contributed by atoms with Crippen LogP contribution in [0.3, 0.4) is 0 Å². The Kier molecular flexibility index (Phi) is 10.6. The minimum Gasteiger partial charge on any atom is -0.480 e. The molecule has 1 saturated carbocycles. The number of amides is 3. The number of imide groups is 1. The predicted octanol–water partition coefficient (Wildman–Crippen LogP) is 2.03.